The minimum atomic E-state index is 0.00557. The van der Waals surface area contributed by atoms with Gasteiger partial charge < -0.3 is 9.80 Å². The lowest BCUT2D eigenvalue weighted by molar-refractivity contribution is 0.0676. The Labute approximate surface area is 140 Å². The second-order valence-corrected chi connectivity index (χ2v) is 7.46. The third-order valence-corrected chi connectivity index (χ3v) is 5.18. The van der Waals surface area contributed by atoms with E-state index in [1.807, 2.05) is 30.8 Å². The van der Waals surface area contributed by atoms with Gasteiger partial charge in [0, 0.05) is 23.9 Å². The van der Waals surface area contributed by atoms with Crippen LogP contribution in [0.15, 0.2) is 18.2 Å². The third kappa shape index (κ3) is 4.52. The van der Waals surface area contributed by atoms with Gasteiger partial charge in [-0.25, -0.2) is 0 Å². The van der Waals surface area contributed by atoms with Gasteiger partial charge in [-0.05, 0) is 44.5 Å². The van der Waals surface area contributed by atoms with E-state index in [9.17, 15) is 4.79 Å². The van der Waals surface area contributed by atoms with E-state index >= 15 is 0 Å². The van der Waals surface area contributed by atoms with Crippen molar-refractivity contribution in [2.24, 2.45) is 0 Å². The molecule has 1 aliphatic rings. The summed E-state index contributed by atoms with van der Waals surface area (Å²) in [6, 6.07) is 5.28. The van der Waals surface area contributed by atoms with E-state index < -0.39 is 0 Å². The molecule has 1 unspecified atom stereocenters. The van der Waals surface area contributed by atoms with Crippen LogP contribution < -0.4 is 0 Å². The van der Waals surface area contributed by atoms with Gasteiger partial charge >= 0.3 is 0 Å². The van der Waals surface area contributed by atoms with Crippen LogP contribution >= 0.6 is 35.0 Å². The van der Waals surface area contributed by atoms with Gasteiger partial charge in [-0.1, -0.05) is 23.2 Å². The molecule has 116 valence electrons. The molecular weight excluding hydrogens is 327 g/mol. The predicted molar refractivity (Wildman–Crippen MR) is 91.8 cm³/mol. The average molecular weight is 347 g/mol. The van der Waals surface area contributed by atoms with E-state index in [1.165, 1.54) is 0 Å². The molecule has 0 aliphatic carbocycles. The molecule has 0 N–H and O–H groups in total. The zero-order valence-electron chi connectivity index (χ0n) is 12.3. The highest BCUT2D eigenvalue weighted by Crippen LogP contribution is 2.25. The van der Waals surface area contributed by atoms with Gasteiger partial charge in [0.1, 0.15) is 0 Å². The van der Waals surface area contributed by atoms with Crippen LogP contribution in [-0.4, -0.2) is 60.4 Å². The molecule has 0 aromatic heterocycles. The number of hydrogen-bond acceptors (Lipinski definition) is 3. The first-order valence-electron chi connectivity index (χ1n) is 6.97. The molecule has 0 saturated carbocycles. The molecule has 1 atom stereocenters. The summed E-state index contributed by atoms with van der Waals surface area (Å²) in [5, 5.41) is 0.973. The zero-order valence-corrected chi connectivity index (χ0v) is 14.6. The maximum atomic E-state index is 12.8. The molecule has 1 amide bonds. The van der Waals surface area contributed by atoms with Crippen LogP contribution in [0.1, 0.15) is 16.8 Å². The fourth-order valence-corrected chi connectivity index (χ4v) is 4.03. The summed E-state index contributed by atoms with van der Waals surface area (Å²) in [5.74, 6) is 2.07. The number of thioether (sulfide) groups is 1. The highest BCUT2D eigenvalue weighted by molar-refractivity contribution is 7.99. The van der Waals surface area contributed by atoms with Crippen molar-refractivity contribution in [1.29, 1.82) is 0 Å². The fourth-order valence-electron chi connectivity index (χ4n) is 2.49. The Morgan fingerprint density at radius 1 is 1.43 bits per heavy atom. The second kappa shape index (κ2) is 7.73. The molecule has 1 saturated heterocycles. The third-order valence-electron chi connectivity index (χ3n) is 3.44. The summed E-state index contributed by atoms with van der Waals surface area (Å²) in [4.78, 5) is 16.9. The minimum Gasteiger partial charge on any atom is -0.333 e. The van der Waals surface area contributed by atoms with Gasteiger partial charge in [0.25, 0.3) is 5.91 Å². The molecule has 1 fully saturated rings. The Morgan fingerprint density at radius 3 is 2.86 bits per heavy atom. The van der Waals surface area contributed by atoms with E-state index in [2.05, 4.69) is 4.90 Å². The van der Waals surface area contributed by atoms with E-state index in [4.69, 9.17) is 23.2 Å². The number of nitrogens with zero attached hydrogens (tertiary/aromatic N) is 2. The van der Waals surface area contributed by atoms with Crippen molar-refractivity contribution < 1.29 is 4.79 Å². The first-order chi connectivity index (χ1) is 9.99. The average Bonchev–Trinajstić information content (AvgIpc) is 2.63. The molecule has 1 heterocycles. The van der Waals surface area contributed by atoms with Gasteiger partial charge in [0.15, 0.2) is 0 Å². The van der Waals surface area contributed by atoms with Crippen molar-refractivity contribution in [2.45, 2.75) is 12.5 Å². The van der Waals surface area contributed by atoms with Crippen molar-refractivity contribution in [3.05, 3.63) is 33.8 Å². The highest BCUT2D eigenvalue weighted by Gasteiger charge is 2.28. The summed E-state index contributed by atoms with van der Waals surface area (Å²) in [7, 11) is 4.07. The highest BCUT2D eigenvalue weighted by atomic mass is 35.5. The normalized spacial score (nSPS) is 19.7. The smallest absolute Gasteiger partial charge is 0.255 e. The monoisotopic (exact) mass is 346 g/mol. The quantitative estimate of drug-likeness (QED) is 0.836. The van der Waals surface area contributed by atoms with Gasteiger partial charge in [-0.15, -0.1) is 0 Å². The van der Waals surface area contributed by atoms with E-state index in [0.717, 1.165) is 31.0 Å². The maximum absolute atomic E-state index is 12.8. The Morgan fingerprint density at radius 2 is 2.19 bits per heavy atom. The van der Waals surface area contributed by atoms with Crippen molar-refractivity contribution in [3.8, 4) is 0 Å². The Balaban J connectivity index is 2.24. The van der Waals surface area contributed by atoms with Crippen LogP contribution in [0, 0.1) is 0 Å². The molecule has 6 heteroatoms. The first-order valence-corrected chi connectivity index (χ1v) is 8.88. The van der Waals surface area contributed by atoms with E-state index in [-0.39, 0.29) is 11.9 Å². The van der Waals surface area contributed by atoms with Gasteiger partial charge in [0.2, 0.25) is 0 Å². The number of amides is 1. The Hall–Kier alpha value is -0.420. The molecule has 1 aromatic rings. The number of likely N-dealkylation sites (N-methyl/N-ethyl adjacent to an activating group) is 1. The lowest BCUT2D eigenvalue weighted by Crippen LogP contribution is -2.46. The summed E-state index contributed by atoms with van der Waals surface area (Å²) in [6.45, 7) is 1.65. The number of rotatable bonds is 3. The molecular formula is C15H20Cl2N2OS. The SMILES string of the molecule is CN(C)CC1CSCCCN1C(=O)c1ccc(Cl)cc1Cl. The van der Waals surface area contributed by atoms with Crippen molar-refractivity contribution in [3.63, 3.8) is 0 Å². The zero-order chi connectivity index (χ0) is 15.4. The fraction of sp³-hybridized carbons (Fsp3) is 0.533. The maximum Gasteiger partial charge on any atom is 0.255 e. The van der Waals surface area contributed by atoms with Gasteiger partial charge in [0.05, 0.1) is 16.6 Å². The van der Waals surface area contributed by atoms with Crippen LogP contribution in [0.2, 0.25) is 10.0 Å². The van der Waals surface area contributed by atoms with Crippen molar-refractivity contribution in [1.82, 2.24) is 9.80 Å². The lowest BCUT2D eigenvalue weighted by atomic mass is 10.1. The molecule has 0 bridgehead atoms. The summed E-state index contributed by atoms with van der Waals surface area (Å²) < 4.78 is 0. The molecule has 2 rings (SSSR count). The van der Waals surface area contributed by atoms with E-state index in [1.54, 1.807) is 18.2 Å². The number of carbonyl (C=O) groups excluding carboxylic acids is 1. The largest absolute Gasteiger partial charge is 0.333 e. The number of halogens is 2. The Kier molecular flexibility index (Phi) is 6.23. The van der Waals surface area contributed by atoms with Crippen LogP contribution in [0.25, 0.3) is 0 Å². The van der Waals surface area contributed by atoms with Gasteiger partial charge in [-0.2, -0.15) is 11.8 Å². The molecule has 0 spiro atoms. The molecule has 21 heavy (non-hydrogen) atoms. The Bertz CT molecular complexity index is 510. The predicted octanol–water partition coefficient (Wildman–Crippen LogP) is 3.50. The van der Waals surface area contributed by atoms with Crippen molar-refractivity contribution in [2.75, 3.05) is 38.7 Å². The second-order valence-electron chi connectivity index (χ2n) is 5.47. The number of carbonyl (C=O) groups is 1. The lowest BCUT2D eigenvalue weighted by Gasteiger charge is -2.32. The minimum absolute atomic E-state index is 0.00557. The summed E-state index contributed by atoms with van der Waals surface area (Å²) >= 11 is 14.0. The van der Waals surface area contributed by atoms with Crippen molar-refractivity contribution >= 4 is 40.9 Å². The van der Waals surface area contributed by atoms with Crippen LogP contribution in [0.3, 0.4) is 0 Å². The molecule has 1 aliphatic heterocycles. The summed E-state index contributed by atoms with van der Waals surface area (Å²) in [6.07, 6.45) is 1.02. The van der Waals surface area contributed by atoms with Gasteiger partial charge in [-0.3, -0.25) is 4.79 Å². The summed E-state index contributed by atoms with van der Waals surface area (Å²) in [5.41, 5.74) is 0.539. The topological polar surface area (TPSA) is 23.6 Å². The van der Waals surface area contributed by atoms with E-state index in [0.29, 0.717) is 15.6 Å². The molecule has 0 radical (unpaired) electrons. The van der Waals surface area contributed by atoms with Crippen LogP contribution in [0.5, 0.6) is 0 Å². The number of benzene rings is 1. The molecule has 3 nitrogen and oxygen atoms in total. The standard InChI is InChI=1S/C15H20Cl2N2OS/c1-18(2)9-12-10-21-7-3-6-19(12)15(20)13-5-4-11(16)8-14(13)17/h4-5,8,12H,3,6-7,9-10H2,1-2H3. The first kappa shape index (κ1) is 16.9. The van der Waals surface area contributed by atoms with Crippen LogP contribution in [-0.2, 0) is 0 Å². The number of hydrogen-bond donors (Lipinski definition) is 0. The van der Waals surface area contributed by atoms with Crippen LogP contribution in [0.4, 0.5) is 0 Å². The molecule has 1 aromatic carbocycles.